The zero-order valence-electron chi connectivity index (χ0n) is 14.1. The van der Waals surface area contributed by atoms with Crippen LogP contribution in [0.1, 0.15) is 56.6 Å². The van der Waals surface area contributed by atoms with Gasteiger partial charge in [-0.1, -0.05) is 6.07 Å². The molecule has 0 bridgehead atoms. The number of aromatic amines is 1. The van der Waals surface area contributed by atoms with Crippen LogP contribution in [0.15, 0.2) is 24.5 Å². The predicted molar refractivity (Wildman–Crippen MR) is 88.9 cm³/mol. The molecule has 1 fully saturated rings. The summed E-state index contributed by atoms with van der Waals surface area (Å²) < 4.78 is 4.81. The number of methoxy groups -OCH3 is 1. The Morgan fingerprint density at radius 1 is 1.38 bits per heavy atom. The molecule has 2 aromatic rings. The number of rotatable bonds is 3. The van der Waals surface area contributed by atoms with Crippen LogP contribution in [0, 0.1) is 13.8 Å². The van der Waals surface area contributed by atoms with Gasteiger partial charge in [0.2, 0.25) is 0 Å². The maximum Gasteiger partial charge on any atom is 0.339 e. The highest BCUT2D eigenvalue weighted by Gasteiger charge is 2.33. The number of aryl methyl sites for hydroxylation is 1. The molecule has 1 aliphatic rings. The monoisotopic (exact) mass is 327 g/mol. The van der Waals surface area contributed by atoms with E-state index in [0.29, 0.717) is 29.1 Å². The Balaban J connectivity index is 1.93. The molecule has 1 amide bonds. The van der Waals surface area contributed by atoms with Crippen molar-refractivity contribution in [3.05, 3.63) is 52.6 Å². The topological polar surface area (TPSA) is 75.3 Å². The third-order valence-corrected chi connectivity index (χ3v) is 4.62. The molecule has 6 heteroatoms. The van der Waals surface area contributed by atoms with Gasteiger partial charge in [-0.25, -0.2) is 4.79 Å². The second-order valence-corrected chi connectivity index (χ2v) is 6.06. The summed E-state index contributed by atoms with van der Waals surface area (Å²) in [6.45, 7) is 4.25. The molecule has 0 saturated carbocycles. The molecule has 126 valence electrons. The zero-order chi connectivity index (χ0) is 17.3. The van der Waals surface area contributed by atoms with Crippen LogP contribution in [-0.2, 0) is 4.74 Å². The minimum Gasteiger partial charge on any atom is -0.465 e. The lowest BCUT2D eigenvalue weighted by atomic mass is 10.1. The number of nitrogens with zero attached hydrogens (tertiary/aromatic N) is 2. The Bertz CT molecular complexity index is 767. The van der Waals surface area contributed by atoms with Crippen LogP contribution in [0.2, 0.25) is 0 Å². The van der Waals surface area contributed by atoms with E-state index < -0.39 is 5.97 Å². The smallest absolute Gasteiger partial charge is 0.339 e. The minimum atomic E-state index is -0.425. The first-order valence-corrected chi connectivity index (χ1v) is 8.03. The van der Waals surface area contributed by atoms with Gasteiger partial charge in [0.1, 0.15) is 5.69 Å². The van der Waals surface area contributed by atoms with Crippen molar-refractivity contribution in [3.63, 3.8) is 0 Å². The number of esters is 1. The maximum atomic E-state index is 13.1. The minimum absolute atomic E-state index is 0.0239. The van der Waals surface area contributed by atoms with Gasteiger partial charge in [-0.05, 0) is 43.9 Å². The molecule has 1 N–H and O–H groups in total. The average Bonchev–Trinajstić information content (AvgIpc) is 3.19. The van der Waals surface area contributed by atoms with Crippen molar-refractivity contribution >= 4 is 11.9 Å². The Kier molecular flexibility index (Phi) is 4.38. The van der Waals surface area contributed by atoms with Crippen LogP contribution in [0.3, 0.4) is 0 Å². The summed E-state index contributed by atoms with van der Waals surface area (Å²) in [7, 11) is 1.34. The molecule has 1 saturated heterocycles. The Labute approximate surface area is 140 Å². The van der Waals surface area contributed by atoms with Gasteiger partial charge in [0.05, 0.1) is 18.7 Å². The second kappa shape index (κ2) is 6.47. The fourth-order valence-corrected chi connectivity index (χ4v) is 3.45. The SMILES string of the molecule is COC(=O)c1c(C)[nH]c(C(=O)N2CCCC2c2cccnc2)c1C. The standard InChI is InChI=1S/C18H21N3O3/c1-11-15(18(23)24-3)12(2)20-16(11)17(22)21-9-5-7-14(21)13-6-4-8-19-10-13/h4,6,8,10,14,20H,5,7,9H2,1-3H3. The highest BCUT2D eigenvalue weighted by molar-refractivity contribution is 6.00. The highest BCUT2D eigenvalue weighted by atomic mass is 16.5. The van der Waals surface area contributed by atoms with E-state index in [2.05, 4.69) is 9.97 Å². The first-order chi connectivity index (χ1) is 11.5. The number of ether oxygens (including phenoxy) is 1. The third-order valence-electron chi connectivity index (χ3n) is 4.62. The van der Waals surface area contributed by atoms with Crippen molar-refractivity contribution < 1.29 is 14.3 Å². The van der Waals surface area contributed by atoms with E-state index in [0.717, 1.165) is 18.4 Å². The first-order valence-electron chi connectivity index (χ1n) is 8.03. The number of likely N-dealkylation sites (tertiary alicyclic amines) is 1. The number of carbonyl (C=O) groups is 2. The van der Waals surface area contributed by atoms with E-state index in [1.165, 1.54) is 7.11 Å². The third kappa shape index (κ3) is 2.68. The van der Waals surface area contributed by atoms with E-state index in [-0.39, 0.29) is 11.9 Å². The zero-order valence-corrected chi connectivity index (χ0v) is 14.1. The van der Waals surface area contributed by atoms with Gasteiger partial charge in [0.25, 0.3) is 5.91 Å². The lowest BCUT2D eigenvalue weighted by Crippen LogP contribution is -2.31. The first kappa shape index (κ1) is 16.2. The summed E-state index contributed by atoms with van der Waals surface area (Å²) in [5.41, 5.74) is 3.24. The van der Waals surface area contributed by atoms with Crippen LogP contribution in [0.4, 0.5) is 0 Å². The molecule has 6 nitrogen and oxygen atoms in total. The molecule has 0 aromatic carbocycles. The van der Waals surface area contributed by atoms with Gasteiger partial charge in [-0.2, -0.15) is 0 Å². The number of amides is 1. The highest BCUT2D eigenvalue weighted by Crippen LogP contribution is 2.33. The van der Waals surface area contributed by atoms with E-state index in [1.807, 2.05) is 23.2 Å². The molecule has 24 heavy (non-hydrogen) atoms. The Hall–Kier alpha value is -2.63. The number of hydrogen-bond donors (Lipinski definition) is 1. The number of H-pyrrole nitrogens is 1. The van der Waals surface area contributed by atoms with Crippen LogP contribution in [0.5, 0.6) is 0 Å². The molecule has 0 aliphatic carbocycles. The molecule has 1 unspecified atom stereocenters. The van der Waals surface area contributed by atoms with E-state index in [9.17, 15) is 9.59 Å². The fourth-order valence-electron chi connectivity index (χ4n) is 3.45. The number of nitrogens with one attached hydrogen (secondary N) is 1. The van der Waals surface area contributed by atoms with Crippen molar-refractivity contribution in [2.24, 2.45) is 0 Å². The summed E-state index contributed by atoms with van der Waals surface area (Å²) in [5, 5.41) is 0. The van der Waals surface area contributed by atoms with Gasteiger partial charge < -0.3 is 14.6 Å². The van der Waals surface area contributed by atoms with Gasteiger partial charge in [0.15, 0.2) is 0 Å². The lowest BCUT2D eigenvalue weighted by Gasteiger charge is -2.24. The summed E-state index contributed by atoms with van der Waals surface area (Å²) in [4.78, 5) is 34.1. The molecular weight excluding hydrogens is 306 g/mol. The predicted octanol–water partition coefficient (Wildman–Crippen LogP) is 2.79. The van der Waals surface area contributed by atoms with Crippen LogP contribution < -0.4 is 0 Å². The van der Waals surface area contributed by atoms with E-state index in [1.54, 1.807) is 20.0 Å². The quantitative estimate of drug-likeness (QED) is 0.880. The van der Waals surface area contributed by atoms with Crippen LogP contribution in [-0.4, -0.2) is 40.4 Å². The molecule has 0 radical (unpaired) electrons. The van der Waals surface area contributed by atoms with Crippen molar-refractivity contribution in [2.45, 2.75) is 32.7 Å². The fraction of sp³-hybridized carbons (Fsp3) is 0.389. The number of pyridine rings is 1. The normalized spacial score (nSPS) is 17.1. The van der Waals surface area contributed by atoms with Crippen molar-refractivity contribution in [3.8, 4) is 0 Å². The molecule has 2 aromatic heterocycles. The lowest BCUT2D eigenvalue weighted by molar-refractivity contribution is 0.0599. The van der Waals surface area contributed by atoms with E-state index >= 15 is 0 Å². The van der Waals surface area contributed by atoms with Crippen molar-refractivity contribution in [1.82, 2.24) is 14.9 Å². The van der Waals surface area contributed by atoms with Gasteiger partial charge in [-0.15, -0.1) is 0 Å². The van der Waals surface area contributed by atoms with Crippen molar-refractivity contribution in [1.29, 1.82) is 0 Å². The largest absolute Gasteiger partial charge is 0.465 e. The number of carbonyl (C=O) groups excluding carboxylic acids is 2. The summed E-state index contributed by atoms with van der Waals surface area (Å²) in [6, 6.07) is 3.90. The summed E-state index contributed by atoms with van der Waals surface area (Å²) in [6.07, 6.45) is 5.41. The molecule has 0 spiro atoms. The van der Waals surface area contributed by atoms with Crippen LogP contribution in [0.25, 0.3) is 0 Å². The molecule has 3 rings (SSSR count). The molecule has 1 aliphatic heterocycles. The van der Waals surface area contributed by atoms with Gasteiger partial charge in [-0.3, -0.25) is 9.78 Å². The number of aromatic nitrogens is 2. The molecule has 1 atom stereocenters. The maximum absolute atomic E-state index is 13.1. The Morgan fingerprint density at radius 2 is 2.17 bits per heavy atom. The molecular formula is C18H21N3O3. The van der Waals surface area contributed by atoms with Crippen LogP contribution >= 0.6 is 0 Å². The summed E-state index contributed by atoms with van der Waals surface area (Å²) >= 11 is 0. The Morgan fingerprint density at radius 3 is 2.83 bits per heavy atom. The second-order valence-electron chi connectivity index (χ2n) is 6.06. The van der Waals surface area contributed by atoms with Gasteiger partial charge >= 0.3 is 5.97 Å². The van der Waals surface area contributed by atoms with E-state index in [4.69, 9.17) is 4.74 Å². The average molecular weight is 327 g/mol. The summed E-state index contributed by atoms with van der Waals surface area (Å²) in [5.74, 6) is -0.511. The van der Waals surface area contributed by atoms with Gasteiger partial charge in [0, 0.05) is 24.6 Å². The molecule has 3 heterocycles. The number of hydrogen-bond acceptors (Lipinski definition) is 4. The van der Waals surface area contributed by atoms with Crippen molar-refractivity contribution in [2.75, 3.05) is 13.7 Å².